The molecule has 1 aliphatic rings. The number of imide groups is 1. The average Bonchev–Trinajstić information content (AvgIpc) is 2.71. The first-order valence-corrected chi connectivity index (χ1v) is 32.2. The van der Waals surface area contributed by atoms with Gasteiger partial charge in [-0.1, -0.05) is 13.8 Å². The number of carbonyl (C=O) groups is 6. The first-order chi connectivity index (χ1) is 43.3. The van der Waals surface area contributed by atoms with Crippen molar-refractivity contribution >= 4 is 35.4 Å². The Kier molecular flexibility index (Phi) is 47.1. The van der Waals surface area contributed by atoms with E-state index in [1.807, 2.05) is 18.7 Å². The fraction of sp³-hybridized carbons (Fsp3) is 0.867. The van der Waals surface area contributed by atoms with Crippen molar-refractivity contribution in [1.82, 2.24) is 36.0 Å². The molecular weight excluding hydrogens is 1200 g/mol. The third-order valence-corrected chi connectivity index (χ3v) is 15.7. The molecule has 31 nitrogen and oxygen atoms in total. The smallest absolute Gasteiger partial charge is 0.253 e. The normalized spacial score (nSPS) is 17.5. The molecule has 1 rings (SSSR count). The standard InChI is InChI=1S/C60H114N8O23/c1-40(2)41(3)62-58(86)46(15-7-11-25-67(35-49(77)55(83)48(76)20-27-69)36-50(78)56(84)57(85)51(79)39-72)64-60(88)47(13-4-8-22-61)65-59(87)45(14-6-10-24-66(23-9-5-12-43(74)37-70)34-42(73)16-17-44(75)38-71)63-52(80)21-28-89-30-32-91-33-31-90-29-26-68-53(81)18-19-54(68)82/h18-19,40-51,55-57,69-79,83-85H,4-17,20-39,61H2,1-3H3,(H,62,86)(H,63,80)(H,64,88)(H,65,87)/t41?,42-,43?,44?,45?,46?,47+,48?,49?,50?,51-,55?,56?,57?/m1/s1. The Labute approximate surface area is 535 Å². The summed E-state index contributed by atoms with van der Waals surface area (Å²) in [7, 11) is 0. The molecular formula is C60H114N8O23. The minimum atomic E-state index is -1.98. The van der Waals surface area contributed by atoms with Gasteiger partial charge in [0, 0.05) is 50.9 Å². The van der Waals surface area contributed by atoms with E-state index in [9.17, 15) is 100 Å². The van der Waals surface area contributed by atoms with Crippen molar-refractivity contribution in [1.29, 1.82) is 0 Å². The molecule has 0 saturated heterocycles. The lowest BCUT2D eigenvalue weighted by atomic mass is 10.0. The van der Waals surface area contributed by atoms with Crippen LogP contribution in [0.1, 0.15) is 124 Å². The van der Waals surface area contributed by atoms with Gasteiger partial charge in [-0.05, 0) is 135 Å². The van der Waals surface area contributed by atoms with Gasteiger partial charge in [-0.3, -0.25) is 38.6 Å². The zero-order valence-electron chi connectivity index (χ0n) is 53.7. The number of ether oxygens (including phenoxy) is 3. The minimum Gasteiger partial charge on any atom is -0.396 e. The summed E-state index contributed by atoms with van der Waals surface area (Å²) in [6.07, 6.45) is -9.13. The lowest BCUT2D eigenvalue weighted by Gasteiger charge is -2.33. The van der Waals surface area contributed by atoms with Crippen molar-refractivity contribution in [2.75, 3.05) is 118 Å². The summed E-state index contributed by atoms with van der Waals surface area (Å²) in [6.45, 7) is 4.61. The van der Waals surface area contributed by atoms with Crippen LogP contribution in [0.5, 0.6) is 0 Å². The number of hydrogen-bond donors (Lipinski definition) is 19. The summed E-state index contributed by atoms with van der Waals surface area (Å²) >= 11 is 0. The molecule has 0 aromatic carbocycles. The van der Waals surface area contributed by atoms with Gasteiger partial charge in [0.2, 0.25) is 23.6 Å². The number of aliphatic hydroxyl groups is 14. The predicted molar refractivity (Wildman–Crippen MR) is 331 cm³/mol. The lowest BCUT2D eigenvalue weighted by Crippen LogP contribution is -2.57. The number of rotatable bonds is 58. The van der Waals surface area contributed by atoms with Gasteiger partial charge >= 0.3 is 0 Å². The molecule has 0 aromatic rings. The second-order valence-corrected chi connectivity index (χ2v) is 23.7. The first kappa shape index (κ1) is 85.0. The molecule has 0 fully saturated rings. The number of carbonyl (C=O) groups excluding carboxylic acids is 6. The van der Waals surface area contributed by atoms with Crippen LogP contribution in [0, 0.1) is 5.92 Å². The summed E-state index contributed by atoms with van der Waals surface area (Å²) in [5, 5.41) is 152. The average molecular weight is 1320 g/mol. The van der Waals surface area contributed by atoms with E-state index in [2.05, 4.69) is 21.3 Å². The number of nitrogens with one attached hydrogen (secondary N) is 4. The Balaban J connectivity index is 3.39. The Bertz CT molecular complexity index is 1990. The minimum absolute atomic E-state index is 0.00254. The molecule has 6 amide bonds. The second-order valence-electron chi connectivity index (χ2n) is 23.7. The monoisotopic (exact) mass is 1310 g/mol. The molecule has 0 radical (unpaired) electrons. The topological polar surface area (TPSA) is 497 Å². The van der Waals surface area contributed by atoms with Gasteiger partial charge < -0.3 is 118 Å². The molecule has 0 saturated carbocycles. The van der Waals surface area contributed by atoms with Crippen LogP contribution in [0.15, 0.2) is 12.2 Å². The van der Waals surface area contributed by atoms with E-state index in [0.717, 1.165) is 4.90 Å². The maximum absolute atomic E-state index is 14.5. The van der Waals surface area contributed by atoms with Crippen LogP contribution in [-0.2, 0) is 43.0 Å². The van der Waals surface area contributed by atoms with Gasteiger partial charge in [0.1, 0.15) is 42.5 Å². The maximum atomic E-state index is 14.5. The van der Waals surface area contributed by atoms with Crippen molar-refractivity contribution < 1.29 is 114 Å². The van der Waals surface area contributed by atoms with Crippen LogP contribution in [0.2, 0.25) is 0 Å². The van der Waals surface area contributed by atoms with Gasteiger partial charge in [0.25, 0.3) is 11.8 Å². The summed E-state index contributed by atoms with van der Waals surface area (Å²) in [5.74, 6) is -3.38. The molecule has 14 atom stereocenters. The quantitative estimate of drug-likeness (QED) is 0.0199. The van der Waals surface area contributed by atoms with Crippen LogP contribution in [-0.4, -0.2) is 325 Å². The van der Waals surface area contributed by atoms with E-state index in [1.165, 1.54) is 17.1 Å². The number of aliphatic hydroxyl groups excluding tert-OH is 14. The fourth-order valence-electron chi connectivity index (χ4n) is 9.58. The number of amides is 6. The molecule has 0 spiro atoms. The van der Waals surface area contributed by atoms with Crippen molar-refractivity contribution in [3.63, 3.8) is 0 Å². The highest BCUT2D eigenvalue weighted by Crippen LogP contribution is 2.16. The van der Waals surface area contributed by atoms with E-state index in [0.29, 0.717) is 58.0 Å². The van der Waals surface area contributed by atoms with E-state index < -0.39 is 148 Å². The molecule has 532 valence electrons. The lowest BCUT2D eigenvalue weighted by molar-refractivity contribution is -0.137. The molecule has 1 heterocycles. The molecule has 0 aliphatic carbocycles. The zero-order chi connectivity index (χ0) is 68.3. The number of unbranched alkanes of at least 4 members (excludes halogenated alkanes) is 4. The Hall–Kier alpha value is -4.04. The Morgan fingerprint density at radius 3 is 1.42 bits per heavy atom. The van der Waals surface area contributed by atoms with Crippen molar-refractivity contribution in [3.8, 4) is 0 Å². The molecule has 11 unspecified atom stereocenters. The van der Waals surface area contributed by atoms with Crippen LogP contribution < -0.4 is 27.0 Å². The SMILES string of the molecule is CC(C)C(C)NC(=O)C(CCCCN(CC(O)C(O)C(O)CCO)CC(O)C(O)C(O)[C@H](O)CO)NC(=O)[C@H](CCCCN)NC(=O)C(CCCCN(CCCCC(O)CO)C[C@H](O)CCC(O)CO)NC(=O)CCOCCOCCOCCN1C(=O)C=CC1=O. The highest BCUT2D eigenvalue weighted by molar-refractivity contribution is 6.12. The Morgan fingerprint density at radius 2 is 0.912 bits per heavy atom. The highest BCUT2D eigenvalue weighted by Gasteiger charge is 2.34. The van der Waals surface area contributed by atoms with Crippen LogP contribution in [0.4, 0.5) is 0 Å². The van der Waals surface area contributed by atoms with Crippen LogP contribution >= 0.6 is 0 Å². The molecule has 1 aliphatic heterocycles. The number of nitrogens with zero attached hydrogens (tertiary/aromatic N) is 3. The van der Waals surface area contributed by atoms with Crippen molar-refractivity contribution in [3.05, 3.63) is 12.2 Å². The second kappa shape index (κ2) is 50.4. The summed E-state index contributed by atoms with van der Waals surface area (Å²) < 4.78 is 16.6. The molecule has 0 bridgehead atoms. The van der Waals surface area contributed by atoms with Crippen LogP contribution in [0.25, 0.3) is 0 Å². The fourth-order valence-corrected chi connectivity index (χ4v) is 9.58. The number of hydrogen-bond acceptors (Lipinski definition) is 26. The molecule has 0 aromatic heterocycles. The molecule has 20 N–H and O–H groups in total. The summed E-state index contributed by atoms with van der Waals surface area (Å²) in [5.41, 5.74) is 5.84. The van der Waals surface area contributed by atoms with E-state index in [-0.39, 0.29) is 142 Å². The van der Waals surface area contributed by atoms with E-state index in [4.69, 9.17) is 19.9 Å². The van der Waals surface area contributed by atoms with Gasteiger partial charge in [0.05, 0.1) is 103 Å². The molecule has 91 heavy (non-hydrogen) atoms. The first-order valence-electron chi connectivity index (χ1n) is 32.2. The zero-order valence-corrected chi connectivity index (χ0v) is 53.7. The van der Waals surface area contributed by atoms with Gasteiger partial charge in [0.15, 0.2) is 0 Å². The van der Waals surface area contributed by atoms with Gasteiger partial charge in [-0.2, -0.15) is 0 Å². The third kappa shape index (κ3) is 37.6. The molecule has 31 heteroatoms. The van der Waals surface area contributed by atoms with Crippen molar-refractivity contribution in [2.45, 2.75) is 209 Å². The van der Waals surface area contributed by atoms with Gasteiger partial charge in [-0.15, -0.1) is 0 Å². The maximum Gasteiger partial charge on any atom is 0.253 e. The third-order valence-electron chi connectivity index (χ3n) is 15.7. The largest absolute Gasteiger partial charge is 0.396 e. The Morgan fingerprint density at radius 1 is 0.473 bits per heavy atom. The van der Waals surface area contributed by atoms with E-state index in [1.54, 1.807) is 6.92 Å². The van der Waals surface area contributed by atoms with Crippen molar-refractivity contribution in [2.24, 2.45) is 11.7 Å². The summed E-state index contributed by atoms with van der Waals surface area (Å²) in [6, 6.07) is -3.99. The van der Waals surface area contributed by atoms with E-state index >= 15 is 0 Å². The predicted octanol–water partition coefficient (Wildman–Crippen LogP) is -6.04. The number of nitrogens with two attached hydrogens (primary N) is 1. The van der Waals surface area contributed by atoms with Crippen LogP contribution in [0.3, 0.4) is 0 Å². The summed E-state index contributed by atoms with van der Waals surface area (Å²) in [4.78, 5) is 84.5. The van der Waals surface area contributed by atoms with Gasteiger partial charge in [-0.25, -0.2) is 0 Å². The highest BCUT2D eigenvalue weighted by atomic mass is 16.5.